The van der Waals surface area contributed by atoms with Gasteiger partial charge in [-0.15, -0.1) is 0 Å². The number of nitrogens with zero attached hydrogens (tertiary/aromatic N) is 2. The molecule has 1 aromatic heterocycles. The van der Waals surface area contributed by atoms with Crippen LogP contribution in [0.3, 0.4) is 0 Å². The molecule has 0 aliphatic carbocycles. The first-order chi connectivity index (χ1) is 13.4. The summed E-state index contributed by atoms with van der Waals surface area (Å²) in [7, 11) is 0. The minimum Gasteiger partial charge on any atom is -0.326 e. The van der Waals surface area contributed by atoms with Crippen molar-refractivity contribution in [3.05, 3.63) is 71.6 Å². The fourth-order valence-electron chi connectivity index (χ4n) is 2.80. The van der Waals surface area contributed by atoms with Crippen LogP contribution in [0.25, 0.3) is 5.69 Å². The molecule has 2 N–H and O–H groups in total. The molecule has 28 heavy (non-hydrogen) atoms. The first-order valence-corrected chi connectivity index (χ1v) is 8.60. The third-order valence-corrected chi connectivity index (χ3v) is 4.05. The number of rotatable bonds is 5. The number of hydrogen-bond acceptors (Lipinski definition) is 3. The van der Waals surface area contributed by atoms with Crippen molar-refractivity contribution >= 4 is 23.2 Å². The average molecular weight is 384 g/mol. The summed E-state index contributed by atoms with van der Waals surface area (Å²) in [5.41, 5.74) is 1.78. The standard InChI is InChI=1S/C20H18F2N4O2/c1-3-19-16(11-23-26(19)15-7-4-13(21)5-8-15)20(28)25-18-10-14(24-12(2)27)6-9-17(18)22/h4-11H,3H2,1-2H3,(H,24,27)(H,25,28). The molecule has 0 fully saturated rings. The maximum atomic E-state index is 14.1. The van der Waals surface area contributed by atoms with Crippen LogP contribution in [0.5, 0.6) is 0 Å². The van der Waals surface area contributed by atoms with E-state index in [0.29, 0.717) is 23.5 Å². The van der Waals surface area contributed by atoms with Crippen LogP contribution in [0.15, 0.2) is 48.7 Å². The topological polar surface area (TPSA) is 76.0 Å². The molecule has 0 aliphatic rings. The molecule has 2 aromatic carbocycles. The molecule has 0 aliphatic heterocycles. The molecule has 2 amide bonds. The van der Waals surface area contributed by atoms with Gasteiger partial charge in [0.25, 0.3) is 5.91 Å². The molecule has 0 bridgehead atoms. The molecule has 8 heteroatoms. The number of benzene rings is 2. The Balaban J connectivity index is 1.89. The maximum absolute atomic E-state index is 14.1. The van der Waals surface area contributed by atoms with E-state index in [-0.39, 0.29) is 23.0 Å². The number of nitrogens with one attached hydrogen (secondary N) is 2. The van der Waals surface area contributed by atoms with Gasteiger partial charge in [-0.05, 0) is 48.9 Å². The Morgan fingerprint density at radius 1 is 1.07 bits per heavy atom. The second-order valence-electron chi connectivity index (χ2n) is 6.08. The molecule has 1 heterocycles. The molecular formula is C20H18F2N4O2. The predicted octanol–water partition coefficient (Wildman–Crippen LogP) is 3.92. The Kier molecular flexibility index (Phi) is 5.49. The monoisotopic (exact) mass is 384 g/mol. The van der Waals surface area contributed by atoms with E-state index in [1.54, 1.807) is 16.8 Å². The van der Waals surface area contributed by atoms with Gasteiger partial charge in [-0.1, -0.05) is 6.92 Å². The van der Waals surface area contributed by atoms with E-state index < -0.39 is 11.7 Å². The van der Waals surface area contributed by atoms with Crippen LogP contribution in [-0.4, -0.2) is 21.6 Å². The molecule has 3 rings (SSSR count). The summed E-state index contributed by atoms with van der Waals surface area (Å²) < 4.78 is 28.8. The lowest BCUT2D eigenvalue weighted by Gasteiger charge is -2.10. The first kappa shape index (κ1) is 19.2. The van der Waals surface area contributed by atoms with E-state index in [9.17, 15) is 18.4 Å². The zero-order valence-electron chi connectivity index (χ0n) is 15.3. The summed E-state index contributed by atoms with van der Waals surface area (Å²) in [5.74, 6) is -1.85. The fourth-order valence-corrected chi connectivity index (χ4v) is 2.80. The number of carbonyl (C=O) groups is 2. The van der Waals surface area contributed by atoms with E-state index >= 15 is 0 Å². The molecule has 0 unspecified atom stereocenters. The zero-order chi connectivity index (χ0) is 20.3. The largest absolute Gasteiger partial charge is 0.326 e. The summed E-state index contributed by atoms with van der Waals surface area (Å²) >= 11 is 0. The second kappa shape index (κ2) is 7.99. The van der Waals surface area contributed by atoms with Crippen molar-refractivity contribution in [1.82, 2.24) is 9.78 Å². The van der Waals surface area contributed by atoms with E-state index in [0.717, 1.165) is 6.07 Å². The molecule has 0 radical (unpaired) electrons. The van der Waals surface area contributed by atoms with Crippen molar-refractivity contribution in [2.24, 2.45) is 0 Å². The number of aromatic nitrogens is 2. The van der Waals surface area contributed by atoms with Gasteiger partial charge in [-0.25, -0.2) is 13.5 Å². The Morgan fingerprint density at radius 3 is 2.43 bits per heavy atom. The lowest BCUT2D eigenvalue weighted by atomic mass is 10.1. The zero-order valence-corrected chi connectivity index (χ0v) is 15.3. The van der Waals surface area contributed by atoms with Gasteiger partial charge in [0.1, 0.15) is 11.6 Å². The summed E-state index contributed by atoms with van der Waals surface area (Å²) in [6.45, 7) is 3.19. The molecule has 0 saturated carbocycles. The highest BCUT2D eigenvalue weighted by molar-refractivity contribution is 6.05. The van der Waals surface area contributed by atoms with Gasteiger partial charge in [0.05, 0.1) is 28.8 Å². The number of carbonyl (C=O) groups excluding carboxylic acids is 2. The van der Waals surface area contributed by atoms with Crippen LogP contribution in [0, 0.1) is 11.6 Å². The molecule has 3 aromatic rings. The minimum atomic E-state index is -0.633. The lowest BCUT2D eigenvalue weighted by molar-refractivity contribution is -0.114. The third kappa shape index (κ3) is 4.06. The SMILES string of the molecule is CCc1c(C(=O)Nc2cc(NC(C)=O)ccc2F)cnn1-c1ccc(F)cc1. The summed E-state index contributed by atoms with van der Waals surface area (Å²) in [4.78, 5) is 23.9. The van der Waals surface area contributed by atoms with Gasteiger partial charge in [-0.3, -0.25) is 9.59 Å². The maximum Gasteiger partial charge on any atom is 0.259 e. The Hall–Kier alpha value is -3.55. The van der Waals surface area contributed by atoms with E-state index in [2.05, 4.69) is 15.7 Å². The molecule has 0 saturated heterocycles. The van der Waals surface area contributed by atoms with Crippen LogP contribution in [0.2, 0.25) is 0 Å². The van der Waals surface area contributed by atoms with Crippen molar-refractivity contribution < 1.29 is 18.4 Å². The van der Waals surface area contributed by atoms with Gasteiger partial charge in [0.2, 0.25) is 5.91 Å². The van der Waals surface area contributed by atoms with E-state index in [4.69, 9.17) is 0 Å². The smallest absolute Gasteiger partial charge is 0.259 e. The van der Waals surface area contributed by atoms with Crippen LogP contribution in [0.1, 0.15) is 29.9 Å². The van der Waals surface area contributed by atoms with Gasteiger partial charge in [-0.2, -0.15) is 5.10 Å². The second-order valence-corrected chi connectivity index (χ2v) is 6.08. The quantitative estimate of drug-likeness (QED) is 0.700. The Morgan fingerprint density at radius 2 is 1.79 bits per heavy atom. The highest BCUT2D eigenvalue weighted by Gasteiger charge is 2.19. The first-order valence-electron chi connectivity index (χ1n) is 8.60. The van der Waals surface area contributed by atoms with E-state index in [1.165, 1.54) is 37.4 Å². The number of hydrogen-bond donors (Lipinski definition) is 2. The van der Waals surface area contributed by atoms with Crippen LogP contribution in [0.4, 0.5) is 20.2 Å². The number of amides is 2. The van der Waals surface area contributed by atoms with E-state index in [1.807, 2.05) is 6.92 Å². The molecule has 0 atom stereocenters. The summed E-state index contributed by atoms with van der Waals surface area (Å²) in [6.07, 6.45) is 1.86. The highest BCUT2D eigenvalue weighted by Crippen LogP contribution is 2.22. The molecule has 0 spiro atoms. The molecular weight excluding hydrogens is 366 g/mol. The minimum absolute atomic E-state index is 0.0622. The van der Waals surface area contributed by atoms with Crippen molar-refractivity contribution in [2.45, 2.75) is 20.3 Å². The van der Waals surface area contributed by atoms with Crippen LogP contribution >= 0.6 is 0 Å². The number of halogens is 2. The lowest BCUT2D eigenvalue weighted by Crippen LogP contribution is -2.16. The highest BCUT2D eigenvalue weighted by atomic mass is 19.1. The van der Waals surface area contributed by atoms with Crippen LogP contribution < -0.4 is 10.6 Å². The predicted molar refractivity (Wildman–Crippen MR) is 102 cm³/mol. The van der Waals surface area contributed by atoms with Crippen molar-refractivity contribution in [3.8, 4) is 5.69 Å². The van der Waals surface area contributed by atoms with Gasteiger partial charge in [0.15, 0.2) is 0 Å². The van der Waals surface area contributed by atoms with Crippen molar-refractivity contribution in [3.63, 3.8) is 0 Å². The fraction of sp³-hybridized carbons (Fsp3) is 0.150. The molecule has 144 valence electrons. The Bertz CT molecular complexity index is 1030. The third-order valence-electron chi connectivity index (χ3n) is 4.05. The summed E-state index contributed by atoms with van der Waals surface area (Å²) in [6, 6.07) is 9.61. The van der Waals surface area contributed by atoms with Gasteiger partial charge < -0.3 is 10.6 Å². The van der Waals surface area contributed by atoms with Gasteiger partial charge in [0, 0.05) is 12.6 Å². The number of anilines is 2. The summed E-state index contributed by atoms with van der Waals surface area (Å²) in [5, 5.41) is 9.26. The van der Waals surface area contributed by atoms with Crippen molar-refractivity contribution in [2.75, 3.05) is 10.6 Å². The van der Waals surface area contributed by atoms with Crippen LogP contribution in [-0.2, 0) is 11.2 Å². The van der Waals surface area contributed by atoms with Crippen molar-refractivity contribution in [1.29, 1.82) is 0 Å². The average Bonchev–Trinajstić information content (AvgIpc) is 3.08. The molecule has 6 nitrogen and oxygen atoms in total. The Labute approximate surface area is 160 Å². The van der Waals surface area contributed by atoms with Gasteiger partial charge >= 0.3 is 0 Å². The normalized spacial score (nSPS) is 10.6.